The van der Waals surface area contributed by atoms with E-state index in [1.54, 1.807) is 54.6 Å². The molecular weight excluding hydrogens is 455 g/mol. The number of nitrogens with one attached hydrogen (secondary N) is 2. The van der Waals surface area contributed by atoms with Gasteiger partial charge in [0.05, 0.1) is 18.0 Å². The molecular formula is C23H20Cl2N2O3S. The number of carbonyl (C=O) groups excluding carboxylic acids is 2. The third kappa shape index (κ3) is 6.40. The molecule has 0 bridgehead atoms. The molecule has 31 heavy (non-hydrogen) atoms. The third-order valence-electron chi connectivity index (χ3n) is 4.30. The van der Waals surface area contributed by atoms with Crippen LogP contribution in [0.3, 0.4) is 0 Å². The smallest absolute Gasteiger partial charge is 0.255 e. The number of thioether (sulfide) groups is 1. The van der Waals surface area contributed by atoms with E-state index in [0.717, 1.165) is 4.90 Å². The number of anilines is 2. The molecule has 0 heterocycles. The van der Waals surface area contributed by atoms with Crippen LogP contribution in [0.15, 0.2) is 71.6 Å². The van der Waals surface area contributed by atoms with Gasteiger partial charge in [-0.2, -0.15) is 0 Å². The van der Waals surface area contributed by atoms with Crippen LogP contribution in [0.2, 0.25) is 10.0 Å². The van der Waals surface area contributed by atoms with Crippen LogP contribution >= 0.6 is 35.0 Å². The van der Waals surface area contributed by atoms with Crippen LogP contribution in [0.5, 0.6) is 5.75 Å². The van der Waals surface area contributed by atoms with E-state index in [4.69, 9.17) is 27.9 Å². The largest absolute Gasteiger partial charge is 0.495 e. The number of carbonyl (C=O) groups is 2. The minimum atomic E-state index is -0.365. The van der Waals surface area contributed by atoms with Crippen molar-refractivity contribution in [2.24, 2.45) is 0 Å². The lowest BCUT2D eigenvalue weighted by Crippen LogP contribution is -2.22. The van der Waals surface area contributed by atoms with Crippen molar-refractivity contribution in [1.29, 1.82) is 0 Å². The Kier molecular flexibility index (Phi) is 7.85. The maximum Gasteiger partial charge on any atom is 0.255 e. The van der Waals surface area contributed by atoms with E-state index in [2.05, 4.69) is 10.6 Å². The molecule has 160 valence electrons. The number of amides is 2. The highest BCUT2D eigenvalue weighted by molar-refractivity contribution is 8.00. The number of hydrogen-bond donors (Lipinski definition) is 2. The van der Waals surface area contributed by atoms with Gasteiger partial charge in [0.2, 0.25) is 5.91 Å². The molecule has 3 aromatic rings. The molecule has 0 aromatic heterocycles. The summed E-state index contributed by atoms with van der Waals surface area (Å²) in [6, 6.07) is 19.1. The number of ether oxygens (including phenoxy) is 1. The Morgan fingerprint density at radius 1 is 0.935 bits per heavy atom. The summed E-state index contributed by atoms with van der Waals surface area (Å²) < 4.78 is 5.26. The first-order valence-corrected chi connectivity index (χ1v) is 11.0. The first kappa shape index (κ1) is 23.0. The van der Waals surface area contributed by atoms with Crippen molar-refractivity contribution < 1.29 is 14.3 Å². The first-order chi connectivity index (χ1) is 14.9. The molecule has 0 aliphatic heterocycles. The lowest BCUT2D eigenvalue weighted by atomic mass is 10.2. The average molecular weight is 475 g/mol. The Morgan fingerprint density at radius 3 is 2.32 bits per heavy atom. The third-order valence-corrected chi connectivity index (χ3v) is 5.88. The Bertz CT molecular complexity index is 1090. The summed E-state index contributed by atoms with van der Waals surface area (Å²) in [4.78, 5) is 25.8. The van der Waals surface area contributed by atoms with E-state index in [9.17, 15) is 9.59 Å². The minimum absolute atomic E-state index is 0.177. The topological polar surface area (TPSA) is 67.4 Å². The molecule has 3 aromatic carbocycles. The predicted molar refractivity (Wildman–Crippen MR) is 128 cm³/mol. The second-order valence-electron chi connectivity index (χ2n) is 6.58. The monoisotopic (exact) mass is 474 g/mol. The van der Waals surface area contributed by atoms with Crippen LogP contribution in [-0.2, 0) is 4.79 Å². The van der Waals surface area contributed by atoms with Crippen LogP contribution in [-0.4, -0.2) is 24.2 Å². The zero-order valence-electron chi connectivity index (χ0n) is 16.8. The van der Waals surface area contributed by atoms with Crippen LogP contribution in [0.25, 0.3) is 0 Å². The van der Waals surface area contributed by atoms with Gasteiger partial charge in [0.25, 0.3) is 5.91 Å². The second kappa shape index (κ2) is 10.6. The fraction of sp³-hybridized carbons (Fsp3) is 0.130. The summed E-state index contributed by atoms with van der Waals surface area (Å²) in [7, 11) is 1.53. The molecule has 8 heteroatoms. The Hall–Kier alpha value is -2.67. The molecule has 0 spiro atoms. The summed E-state index contributed by atoms with van der Waals surface area (Å²) in [6.07, 6.45) is 0. The number of halogens is 2. The van der Waals surface area contributed by atoms with Gasteiger partial charge in [0.1, 0.15) is 5.75 Å². The Morgan fingerprint density at radius 2 is 1.65 bits per heavy atom. The van der Waals surface area contributed by atoms with E-state index >= 15 is 0 Å². The van der Waals surface area contributed by atoms with E-state index in [0.29, 0.717) is 32.7 Å². The molecule has 2 N–H and O–H groups in total. The normalized spacial score (nSPS) is 11.5. The molecule has 0 aliphatic rings. The molecule has 2 amide bonds. The number of methoxy groups -OCH3 is 1. The van der Waals surface area contributed by atoms with E-state index < -0.39 is 0 Å². The van der Waals surface area contributed by atoms with Gasteiger partial charge >= 0.3 is 0 Å². The van der Waals surface area contributed by atoms with Crippen molar-refractivity contribution in [2.45, 2.75) is 17.1 Å². The van der Waals surface area contributed by atoms with Crippen molar-refractivity contribution in [2.75, 3.05) is 17.7 Å². The molecule has 3 rings (SSSR count). The molecule has 1 atom stereocenters. The zero-order valence-corrected chi connectivity index (χ0v) is 19.1. The van der Waals surface area contributed by atoms with Gasteiger partial charge in [-0.15, -0.1) is 11.8 Å². The van der Waals surface area contributed by atoms with Gasteiger partial charge in [-0.1, -0.05) is 29.3 Å². The average Bonchev–Trinajstić information content (AvgIpc) is 2.75. The van der Waals surface area contributed by atoms with Gasteiger partial charge in [0, 0.05) is 26.2 Å². The van der Waals surface area contributed by atoms with Crippen molar-refractivity contribution in [1.82, 2.24) is 0 Å². The first-order valence-electron chi connectivity index (χ1n) is 9.34. The molecule has 0 aliphatic carbocycles. The lowest BCUT2D eigenvalue weighted by molar-refractivity contribution is -0.115. The van der Waals surface area contributed by atoms with E-state index in [1.807, 2.05) is 19.1 Å². The number of rotatable bonds is 7. The fourth-order valence-electron chi connectivity index (χ4n) is 2.72. The Balaban J connectivity index is 1.59. The SMILES string of the molecule is COc1ccc(Cl)cc1NC(=O)C(C)Sc1ccc(NC(=O)c2cccc(Cl)c2)cc1. The van der Waals surface area contributed by atoms with Gasteiger partial charge in [-0.25, -0.2) is 0 Å². The van der Waals surface area contributed by atoms with Gasteiger partial charge in [-0.3, -0.25) is 9.59 Å². The van der Waals surface area contributed by atoms with Gasteiger partial charge < -0.3 is 15.4 Å². The molecule has 0 radical (unpaired) electrons. The van der Waals surface area contributed by atoms with Crippen molar-refractivity contribution in [3.8, 4) is 5.75 Å². The zero-order chi connectivity index (χ0) is 22.4. The van der Waals surface area contributed by atoms with Crippen LogP contribution in [0, 0.1) is 0 Å². The van der Waals surface area contributed by atoms with Crippen molar-refractivity contribution in [3.63, 3.8) is 0 Å². The van der Waals surface area contributed by atoms with Gasteiger partial charge in [0.15, 0.2) is 0 Å². The summed E-state index contributed by atoms with van der Waals surface area (Å²) in [5.41, 5.74) is 1.65. The summed E-state index contributed by atoms with van der Waals surface area (Å²) >= 11 is 13.3. The van der Waals surface area contributed by atoms with Crippen LogP contribution < -0.4 is 15.4 Å². The highest BCUT2D eigenvalue weighted by atomic mass is 35.5. The van der Waals surface area contributed by atoms with E-state index in [1.165, 1.54) is 18.9 Å². The second-order valence-corrected chi connectivity index (χ2v) is 8.87. The highest BCUT2D eigenvalue weighted by Crippen LogP contribution is 2.30. The summed E-state index contributed by atoms with van der Waals surface area (Å²) in [5.74, 6) is 0.116. The predicted octanol–water partition coefficient (Wildman–Crippen LogP) is 6.37. The van der Waals surface area contributed by atoms with Crippen LogP contribution in [0.4, 0.5) is 11.4 Å². The number of benzene rings is 3. The van der Waals surface area contributed by atoms with Gasteiger partial charge in [-0.05, 0) is 67.6 Å². The lowest BCUT2D eigenvalue weighted by Gasteiger charge is -2.15. The quantitative estimate of drug-likeness (QED) is 0.390. The standard InChI is InChI=1S/C23H20Cl2N2O3S/c1-14(22(28)27-20-13-17(25)6-11-21(20)30-2)31-19-9-7-18(8-10-19)26-23(29)15-4-3-5-16(24)12-15/h3-14H,1-2H3,(H,26,29)(H,27,28). The number of hydrogen-bond acceptors (Lipinski definition) is 4. The minimum Gasteiger partial charge on any atom is -0.495 e. The summed E-state index contributed by atoms with van der Waals surface area (Å²) in [5, 5.41) is 6.32. The maximum atomic E-state index is 12.6. The highest BCUT2D eigenvalue weighted by Gasteiger charge is 2.17. The van der Waals surface area contributed by atoms with Crippen LogP contribution in [0.1, 0.15) is 17.3 Å². The molecule has 1 unspecified atom stereocenters. The Labute approximate surface area is 195 Å². The fourth-order valence-corrected chi connectivity index (χ4v) is 3.95. The maximum absolute atomic E-state index is 12.6. The molecule has 0 saturated heterocycles. The molecule has 0 fully saturated rings. The molecule has 5 nitrogen and oxygen atoms in total. The van der Waals surface area contributed by atoms with Crippen molar-refractivity contribution in [3.05, 3.63) is 82.3 Å². The van der Waals surface area contributed by atoms with Crippen molar-refractivity contribution >= 4 is 58.2 Å². The molecule has 0 saturated carbocycles. The summed E-state index contributed by atoms with van der Waals surface area (Å²) in [6.45, 7) is 1.81. The van der Waals surface area contributed by atoms with E-state index in [-0.39, 0.29) is 17.1 Å².